The van der Waals surface area contributed by atoms with Crippen molar-refractivity contribution in [2.45, 2.75) is 25.4 Å². The molecule has 1 unspecified atom stereocenters. The molecule has 2 rings (SSSR count). The van der Waals surface area contributed by atoms with Gasteiger partial charge in [0.2, 0.25) is 0 Å². The highest BCUT2D eigenvalue weighted by Gasteiger charge is 2.32. The number of aliphatic hydroxyl groups is 1. The largest absolute Gasteiger partial charge is 0.388 e. The van der Waals surface area contributed by atoms with E-state index in [-0.39, 0.29) is 11.4 Å². The Labute approximate surface area is 111 Å². The second-order valence-corrected chi connectivity index (χ2v) is 5.10. The van der Waals surface area contributed by atoms with E-state index in [2.05, 4.69) is 5.43 Å². The lowest BCUT2D eigenvalue weighted by atomic mass is 9.94. The molecule has 7 heteroatoms. The van der Waals surface area contributed by atoms with E-state index >= 15 is 0 Å². The van der Waals surface area contributed by atoms with Gasteiger partial charge >= 0.3 is 5.69 Å². The molecule has 7 nitrogen and oxygen atoms in total. The number of nitrogen functional groups attached to an aromatic ring is 1. The number of rotatable bonds is 3. The van der Waals surface area contributed by atoms with Gasteiger partial charge in [0.1, 0.15) is 11.4 Å². The second kappa shape index (κ2) is 5.02. The summed E-state index contributed by atoms with van der Waals surface area (Å²) in [5.41, 5.74) is 2.23. The SMILES string of the molecule is CC1(O)CCCN(c2cccc(NN)c2[N+](=O)[O-])C1. The Hall–Kier alpha value is -1.86. The quantitative estimate of drug-likeness (QED) is 0.432. The number of nitrogens with zero attached hydrogens (tertiary/aromatic N) is 2. The average molecular weight is 266 g/mol. The standard InChI is InChI=1S/C12H18N4O3/c1-12(17)6-3-7-15(8-12)10-5-2-4-9(14-13)11(10)16(18)19/h2,4-5,14,17H,3,6-8,13H2,1H3. The van der Waals surface area contributed by atoms with E-state index in [0.717, 1.165) is 6.42 Å². The summed E-state index contributed by atoms with van der Waals surface area (Å²) in [5, 5.41) is 21.3. The maximum absolute atomic E-state index is 11.2. The van der Waals surface area contributed by atoms with Crippen molar-refractivity contribution in [1.29, 1.82) is 0 Å². The number of nitrogens with two attached hydrogens (primary N) is 1. The van der Waals surface area contributed by atoms with Crippen LogP contribution in [0, 0.1) is 10.1 Å². The van der Waals surface area contributed by atoms with Gasteiger partial charge in [0, 0.05) is 13.1 Å². The van der Waals surface area contributed by atoms with Crippen LogP contribution in [-0.4, -0.2) is 28.7 Å². The zero-order valence-electron chi connectivity index (χ0n) is 10.8. The van der Waals surface area contributed by atoms with Crippen molar-refractivity contribution in [3.63, 3.8) is 0 Å². The number of hydrogen-bond donors (Lipinski definition) is 3. The number of anilines is 2. The van der Waals surface area contributed by atoms with Crippen molar-refractivity contribution in [1.82, 2.24) is 0 Å². The Morgan fingerprint density at radius 3 is 2.89 bits per heavy atom. The molecule has 4 N–H and O–H groups in total. The lowest BCUT2D eigenvalue weighted by Crippen LogP contribution is -2.46. The van der Waals surface area contributed by atoms with Gasteiger partial charge in [-0.15, -0.1) is 0 Å². The van der Waals surface area contributed by atoms with E-state index in [1.807, 2.05) is 4.90 Å². The lowest BCUT2D eigenvalue weighted by molar-refractivity contribution is -0.383. The summed E-state index contributed by atoms with van der Waals surface area (Å²) in [6.07, 6.45) is 1.50. The molecule has 0 aromatic heterocycles. The molecule has 1 saturated heterocycles. The topological polar surface area (TPSA) is 105 Å². The van der Waals surface area contributed by atoms with Crippen LogP contribution in [0.15, 0.2) is 18.2 Å². The molecule has 0 bridgehead atoms. The van der Waals surface area contributed by atoms with Crippen molar-refractivity contribution in [2.75, 3.05) is 23.4 Å². The van der Waals surface area contributed by atoms with E-state index < -0.39 is 10.5 Å². The first-order valence-electron chi connectivity index (χ1n) is 6.16. The summed E-state index contributed by atoms with van der Waals surface area (Å²) in [6.45, 7) is 2.81. The van der Waals surface area contributed by atoms with Gasteiger partial charge in [-0.3, -0.25) is 16.0 Å². The van der Waals surface area contributed by atoms with Gasteiger partial charge in [0.25, 0.3) is 0 Å². The van der Waals surface area contributed by atoms with Crippen LogP contribution in [-0.2, 0) is 0 Å². The summed E-state index contributed by atoms with van der Waals surface area (Å²) < 4.78 is 0. The molecule has 1 aromatic carbocycles. The van der Waals surface area contributed by atoms with Crippen LogP contribution in [0.5, 0.6) is 0 Å². The number of para-hydroxylation sites is 1. The number of piperidine rings is 1. The summed E-state index contributed by atoms with van der Waals surface area (Å²) in [7, 11) is 0. The molecule has 0 spiro atoms. The van der Waals surface area contributed by atoms with E-state index in [0.29, 0.717) is 25.2 Å². The van der Waals surface area contributed by atoms with E-state index in [9.17, 15) is 15.2 Å². The molecule has 1 aliphatic rings. The van der Waals surface area contributed by atoms with Crippen molar-refractivity contribution in [2.24, 2.45) is 5.84 Å². The highest BCUT2D eigenvalue weighted by molar-refractivity contribution is 5.76. The average Bonchev–Trinajstić information content (AvgIpc) is 2.36. The van der Waals surface area contributed by atoms with Crippen LogP contribution in [0.3, 0.4) is 0 Å². The third kappa shape index (κ3) is 2.77. The number of β-amino-alcohol motifs (C(OH)–C–C–N with tert-alkyl or cyclic N) is 1. The molecule has 104 valence electrons. The second-order valence-electron chi connectivity index (χ2n) is 5.10. The molecular formula is C12H18N4O3. The first kappa shape index (κ1) is 13.6. The Kier molecular flexibility index (Phi) is 3.59. The molecular weight excluding hydrogens is 248 g/mol. The molecule has 0 saturated carbocycles. The fourth-order valence-electron chi connectivity index (χ4n) is 2.52. The van der Waals surface area contributed by atoms with Crippen molar-refractivity contribution in [3.05, 3.63) is 28.3 Å². The van der Waals surface area contributed by atoms with Gasteiger partial charge in [-0.05, 0) is 31.9 Å². The van der Waals surface area contributed by atoms with Crippen molar-refractivity contribution >= 4 is 17.1 Å². The van der Waals surface area contributed by atoms with Crippen molar-refractivity contribution < 1.29 is 10.0 Å². The molecule has 1 atom stereocenters. The number of nitro benzene ring substituents is 1. The van der Waals surface area contributed by atoms with Crippen LogP contribution >= 0.6 is 0 Å². The van der Waals surface area contributed by atoms with Gasteiger partial charge in [0.05, 0.1) is 10.5 Å². The highest BCUT2D eigenvalue weighted by Crippen LogP contribution is 2.37. The smallest absolute Gasteiger partial charge is 0.316 e. The molecule has 0 radical (unpaired) electrons. The number of nitrogens with one attached hydrogen (secondary N) is 1. The van der Waals surface area contributed by atoms with Gasteiger partial charge in [-0.2, -0.15) is 0 Å². The Bertz CT molecular complexity index is 490. The Balaban J connectivity index is 2.41. The first-order valence-corrected chi connectivity index (χ1v) is 6.16. The fourth-order valence-corrected chi connectivity index (χ4v) is 2.52. The van der Waals surface area contributed by atoms with Crippen LogP contribution in [0.25, 0.3) is 0 Å². The lowest BCUT2D eigenvalue weighted by Gasteiger charge is -2.38. The molecule has 1 aliphatic heterocycles. The summed E-state index contributed by atoms with van der Waals surface area (Å²) in [4.78, 5) is 12.6. The van der Waals surface area contributed by atoms with Crippen LogP contribution in [0.4, 0.5) is 17.1 Å². The number of benzene rings is 1. The number of hydrogen-bond acceptors (Lipinski definition) is 6. The molecule has 0 aliphatic carbocycles. The van der Waals surface area contributed by atoms with E-state index in [1.165, 1.54) is 0 Å². The number of hydrazine groups is 1. The maximum Gasteiger partial charge on any atom is 0.316 e. The molecule has 0 amide bonds. The van der Waals surface area contributed by atoms with Gasteiger partial charge < -0.3 is 15.4 Å². The monoisotopic (exact) mass is 266 g/mol. The molecule has 1 heterocycles. The number of nitro groups is 1. The van der Waals surface area contributed by atoms with Crippen LogP contribution < -0.4 is 16.2 Å². The maximum atomic E-state index is 11.2. The highest BCUT2D eigenvalue weighted by atomic mass is 16.6. The first-order chi connectivity index (χ1) is 8.94. The minimum Gasteiger partial charge on any atom is -0.388 e. The zero-order chi connectivity index (χ0) is 14.0. The van der Waals surface area contributed by atoms with E-state index in [1.54, 1.807) is 25.1 Å². The normalized spacial score (nSPS) is 23.2. The third-order valence-corrected chi connectivity index (χ3v) is 3.37. The minimum absolute atomic E-state index is 0.0531. The summed E-state index contributed by atoms with van der Waals surface area (Å²) in [5.74, 6) is 5.32. The molecule has 19 heavy (non-hydrogen) atoms. The predicted octanol–water partition coefficient (Wildman–Crippen LogP) is 1.23. The van der Waals surface area contributed by atoms with Crippen LogP contribution in [0.1, 0.15) is 19.8 Å². The fraction of sp³-hybridized carbons (Fsp3) is 0.500. The van der Waals surface area contributed by atoms with Gasteiger partial charge in [-0.1, -0.05) is 6.07 Å². The predicted molar refractivity (Wildman–Crippen MR) is 73.0 cm³/mol. The van der Waals surface area contributed by atoms with Crippen LogP contribution in [0.2, 0.25) is 0 Å². The third-order valence-electron chi connectivity index (χ3n) is 3.37. The molecule has 1 fully saturated rings. The van der Waals surface area contributed by atoms with Gasteiger partial charge in [-0.25, -0.2) is 0 Å². The zero-order valence-corrected chi connectivity index (χ0v) is 10.8. The van der Waals surface area contributed by atoms with E-state index in [4.69, 9.17) is 5.84 Å². The van der Waals surface area contributed by atoms with Gasteiger partial charge in [0.15, 0.2) is 0 Å². The minimum atomic E-state index is -0.821. The Morgan fingerprint density at radius 2 is 2.32 bits per heavy atom. The summed E-state index contributed by atoms with van der Waals surface area (Å²) in [6, 6.07) is 4.95. The molecule has 1 aromatic rings. The summed E-state index contributed by atoms with van der Waals surface area (Å²) >= 11 is 0. The van der Waals surface area contributed by atoms with Crippen molar-refractivity contribution in [3.8, 4) is 0 Å². The Morgan fingerprint density at radius 1 is 1.58 bits per heavy atom.